The molecular weight excluding hydrogens is 562 g/mol. The van der Waals surface area contributed by atoms with Gasteiger partial charge in [-0.15, -0.1) is 0 Å². The third-order valence-corrected chi connectivity index (χ3v) is 11.2. The van der Waals surface area contributed by atoms with Gasteiger partial charge in [-0.2, -0.15) is 9.50 Å². The van der Waals surface area contributed by atoms with Crippen LogP contribution in [0.3, 0.4) is 0 Å². The Hall–Kier alpha value is 2.77. The Morgan fingerprint density at radius 1 is 1.08 bits per heavy atom. The summed E-state index contributed by atoms with van der Waals surface area (Å²) in [6.07, 6.45) is 0. The molecule has 0 aliphatic heterocycles. The SMILES string of the molecule is [O]C(F)(Br)C(Br)(Br)C(Br)(Br)CBr. The van der Waals surface area contributed by atoms with Crippen molar-refractivity contribution in [2.24, 2.45) is 0 Å². The Bertz CT molecular complexity index is 163. The molecule has 0 aromatic rings. The number of rotatable bonds is 3. The molecule has 1 unspecified atom stereocenters. The molecule has 8 heteroatoms. The van der Waals surface area contributed by atoms with Gasteiger partial charge in [0.15, 0.2) is 3.23 Å². The Balaban J connectivity index is 4.85. The number of alkyl halides is 7. The fourth-order valence-corrected chi connectivity index (χ4v) is 3.13. The van der Waals surface area contributed by atoms with Crippen LogP contribution in [-0.4, -0.2) is 16.6 Å². The molecule has 12 heavy (non-hydrogen) atoms. The molecule has 0 bridgehead atoms. The summed E-state index contributed by atoms with van der Waals surface area (Å²) < 4.78 is 7.74. The van der Waals surface area contributed by atoms with Crippen LogP contribution >= 0.6 is 95.6 Å². The lowest BCUT2D eigenvalue weighted by Gasteiger charge is -2.36. The molecule has 1 radical (unpaired) electrons. The summed E-state index contributed by atoms with van der Waals surface area (Å²) in [5, 5.41) is 11.3. The molecule has 0 aliphatic rings. The van der Waals surface area contributed by atoms with Crippen molar-refractivity contribution in [2.75, 3.05) is 5.33 Å². The zero-order chi connectivity index (χ0) is 10.2. The molecule has 1 nitrogen and oxygen atoms in total. The largest absolute Gasteiger partial charge is 0.321 e. The zero-order valence-corrected chi connectivity index (χ0v) is 14.8. The quantitative estimate of drug-likeness (QED) is 0.439. The topological polar surface area (TPSA) is 19.9 Å². The number of hydrogen-bond donors (Lipinski definition) is 0. The molecule has 0 aliphatic carbocycles. The van der Waals surface area contributed by atoms with Gasteiger partial charge >= 0.3 is 4.76 Å². The molecule has 0 aromatic carbocycles. The van der Waals surface area contributed by atoms with Gasteiger partial charge in [-0.05, 0) is 15.9 Å². The lowest BCUT2D eigenvalue weighted by Crippen LogP contribution is -2.48. The smallest absolute Gasteiger partial charge is 0.194 e. The zero-order valence-electron chi connectivity index (χ0n) is 5.26. The summed E-state index contributed by atoms with van der Waals surface area (Å²) >= 11 is 17.7. The first-order valence-electron chi connectivity index (χ1n) is 2.46. The van der Waals surface area contributed by atoms with E-state index >= 15 is 0 Å². The van der Waals surface area contributed by atoms with Crippen molar-refractivity contribution in [1.29, 1.82) is 0 Å². The highest BCUT2D eigenvalue weighted by Crippen LogP contribution is 2.57. The monoisotopic (exact) mass is 559 g/mol. The third kappa shape index (κ3) is 3.13. The van der Waals surface area contributed by atoms with E-state index in [1.807, 2.05) is 0 Å². The van der Waals surface area contributed by atoms with E-state index in [9.17, 15) is 9.50 Å². The van der Waals surface area contributed by atoms with Crippen LogP contribution in [0.25, 0.3) is 0 Å². The van der Waals surface area contributed by atoms with Gasteiger partial charge < -0.3 is 0 Å². The maximum Gasteiger partial charge on any atom is 0.321 e. The van der Waals surface area contributed by atoms with Crippen LogP contribution in [0, 0.1) is 0 Å². The Kier molecular flexibility index (Phi) is 5.83. The summed E-state index contributed by atoms with van der Waals surface area (Å²) in [7, 11) is 0. The highest BCUT2D eigenvalue weighted by atomic mass is 79.9. The van der Waals surface area contributed by atoms with Gasteiger partial charge in [0.2, 0.25) is 0 Å². The minimum atomic E-state index is -2.85. The molecule has 1 atom stereocenters. The van der Waals surface area contributed by atoms with Crippen molar-refractivity contribution in [2.45, 2.75) is 11.2 Å². The number of halogens is 7. The van der Waals surface area contributed by atoms with Gasteiger partial charge in [-0.25, -0.2) is 0 Å². The van der Waals surface area contributed by atoms with Crippen LogP contribution in [0.1, 0.15) is 0 Å². The molecule has 0 aromatic heterocycles. The van der Waals surface area contributed by atoms with Crippen molar-refractivity contribution in [3.05, 3.63) is 0 Å². The Morgan fingerprint density at radius 2 is 1.42 bits per heavy atom. The molecule has 0 amide bonds. The van der Waals surface area contributed by atoms with Crippen LogP contribution in [0.4, 0.5) is 4.39 Å². The minimum Gasteiger partial charge on any atom is -0.194 e. The molecule has 0 rings (SSSR count). The summed E-state index contributed by atoms with van der Waals surface area (Å²) in [6.45, 7) is 0. The molecule has 0 saturated heterocycles. The predicted molar refractivity (Wildman–Crippen MR) is 68.4 cm³/mol. The Morgan fingerprint density at radius 3 is 1.50 bits per heavy atom. The van der Waals surface area contributed by atoms with E-state index in [0.29, 0.717) is 5.33 Å². The summed E-state index contributed by atoms with van der Waals surface area (Å²) in [4.78, 5) is 0. The normalized spacial score (nSPS) is 19.0. The second kappa shape index (κ2) is 4.74. The fourth-order valence-electron chi connectivity index (χ4n) is 0.297. The van der Waals surface area contributed by atoms with E-state index in [-0.39, 0.29) is 0 Å². The van der Waals surface area contributed by atoms with E-state index in [2.05, 4.69) is 95.6 Å². The summed E-state index contributed by atoms with van der Waals surface area (Å²) in [5.41, 5.74) is 0. The van der Waals surface area contributed by atoms with Crippen molar-refractivity contribution < 1.29 is 9.50 Å². The molecular formula is C4H2Br6FO. The lowest BCUT2D eigenvalue weighted by molar-refractivity contribution is -0.0560. The standard InChI is InChI=1S/C4H2Br6FO/c5-1-2(6,7)3(8,9)4(10,11)12/h1H2. The van der Waals surface area contributed by atoms with E-state index in [0.717, 1.165) is 0 Å². The van der Waals surface area contributed by atoms with E-state index < -0.39 is 11.2 Å². The number of hydrogen-bond acceptors (Lipinski definition) is 0. The van der Waals surface area contributed by atoms with Gasteiger partial charge in [-0.1, -0.05) is 79.6 Å². The van der Waals surface area contributed by atoms with E-state index in [1.165, 1.54) is 0 Å². The average molecular weight is 564 g/mol. The molecule has 0 spiro atoms. The van der Waals surface area contributed by atoms with Crippen LogP contribution in [0.15, 0.2) is 0 Å². The van der Waals surface area contributed by atoms with Crippen LogP contribution < -0.4 is 0 Å². The average Bonchev–Trinajstić information content (AvgIpc) is 1.85. The Labute approximate surface area is 120 Å². The molecule has 0 fully saturated rings. The van der Waals surface area contributed by atoms with Crippen molar-refractivity contribution in [3.8, 4) is 0 Å². The molecule has 0 N–H and O–H groups in total. The van der Waals surface area contributed by atoms with Gasteiger partial charge in [0.25, 0.3) is 0 Å². The van der Waals surface area contributed by atoms with Gasteiger partial charge in [0.05, 0.1) is 0 Å². The molecule has 0 heterocycles. The van der Waals surface area contributed by atoms with Crippen LogP contribution in [0.2, 0.25) is 0 Å². The highest BCUT2D eigenvalue weighted by molar-refractivity contribution is 9.31. The molecule has 0 saturated carbocycles. The van der Waals surface area contributed by atoms with E-state index in [4.69, 9.17) is 0 Å². The fraction of sp³-hybridized carbons (Fsp3) is 1.00. The minimum absolute atomic E-state index is 0.329. The lowest BCUT2D eigenvalue weighted by atomic mass is 10.3. The first-order valence-corrected chi connectivity index (χ1v) is 7.55. The van der Waals surface area contributed by atoms with Crippen LogP contribution in [-0.2, 0) is 5.11 Å². The first-order chi connectivity index (χ1) is 5.06. The maximum absolute atomic E-state index is 13.0. The molecule has 73 valence electrons. The summed E-state index contributed by atoms with van der Waals surface area (Å²) in [6, 6.07) is 0. The van der Waals surface area contributed by atoms with Crippen LogP contribution in [0.5, 0.6) is 0 Å². The second-order valence-corrected chi connectivity index (χ2v) is 10.7. The third-order valence-electron chi connectivity index (χ3n) is 0.993. The van der Waals surface area contributed by atoms with Crippen molar-refractivity contribution >= 4 is 95.6 Å². The predicted octanol–water partition coefficient (Wildman–Crippen LogP) is 4.80. The highest BCUT2D eigenvalue weighted by Gasteiger charge is 2.59. The van der Waals surface area contributed by atoms with Gasteiger partial charge in [0.1, 0.15) is 3.23 Å². The van der Waals surface area contributed by atoms with E-state index in [1.54, 1.807) is 0 Å². The maximum atomic E-state index is 13.0. The van der Waals surface area contributed by atoms with Crippen molar-refractivity contribution in [1.82, 2.24) is 0 Å². The van der Waals surface area contributed by atoms with Crippen molar-refractivity contribution in [3.63, 3.8) is 0 Å². The van der Waals surface area contributed by atoms with Gasteiger partial charge in [0, 0.05) is 5.33 Å². The first kappa shape index (κ1) is 14.8. The van der Waals surface area contributed by atoms with Gasteiger partial charge in [-0.3, -0.25) is 0 Å². The summed E-state index contributed by atoms with van der Waals surface area (Å²) in [5.74, 6) is 0. The second-order valence-electron chi connectivity index (χ2n) is 1.93.